The van der Waals surface area contributed by atoms with Gasteiger partial charge in [-0.25, -0.2) is 0 Å². The Hall–Kier alpha value is -3.38. The van der Waals surface area contributed by atoms with E-state index in [1.807, 2.05) is 86.7 Å². The van der Waals surface area contributed by atoms with E-state index < -0.39 is 0 Å². The average molecular weight is 422 g/mol. The Morgan fingerprint density at radius 1 is 0.933 bits per heavy atom. The zero-order chi connectivity index (χ0) is 21.2. The molecule has 30 heavy (non-hydrogen) atoms. The topological polar surface area (TPSA) is 72.0 Å². The van der Waals surface area contributed by atoms with E-state index in [4.69, 9.17) is 16.3 Å². The van der Waals surface area contributed by atoms with Gasteiger partial charge in [0.15, 0.2) is 0 Å². The fourth-order valence-electron chi connectivity index (χ4n) is 2.58. The van der Waals surface area contributed by atoms with Crippen LogP contribution in [0.1, 0.15) is 25.0 Å². The molecule has 0 amide bonds. The molecular weight excluding hydrogens is 398 g/mol. The van der Waals surface area contributed by atoms with E-state index in [1.165, 1.54) is 0 Å². The van der Waals surface area contributed by atoms with E-state index in [0.29, 0.717) is 30.1 Å². The molecular formula is C23H24ClN5O. The van der Waals surface area contributed by atoms with Gasteiger partial charge in [0.05, 0.1) is 0 Å². The van der Waals surface area contributed by atoms with Crippen LogP contribution in [-0.4, -0.2) is 15.0 Å². The van der Waals surface area contributed by atoms with Gasteiger partial charge in [-0.05, 0) is 43.2 Å². The first-order valence-electron chi connectivity index (χ1n) is 9.63. The summed E-state index contributed by atoms with van der Waals surface area (Å²) in [4.78, 5) is 13.3. The van der Waals surface area contributed by atoms with Gasteiger partial charge in [0, 0.05) is 17.3 Å². The molecule has 2 N–H and O–H groups in total. The van der Waals surface area contributed by atoms with Crippen LogP contribution in [0, 0.1) is 0 Å². The highest BCUT2D eigenvalue weighted by atomic mass is 35.5. The molecule has 3 aromatic rings. The Balaban J connectivity index is 1.78. The summed E-state index contributed by atoms with van der Waals surface area (Å²) in [7, 11) is 0. The van der Waals surface area contributed by atoms with Crippen LogP contribution in [0.25, 0.3) is 0 Å². The van der Waals surface area contributed by atoms with Crippen molar-refractivity contribution in [3.8, 4) is 6.01 Å². The lowest BCUT2D eigenvalue weighted by atomic mass is 10.2. The molecule has 0 aliphatic heterocycles. The predicted octanol–water partition coefficient (Wildman–Crippen LogP) is 5.61. The molecule has 0 bridgehead atoms. The van der Waals surface area contributed by atoms with Crippen molar-refractivity contribution in [1.29, 1.82) is 0 Å². The van der Waals surface area contributed by atoms with Crippen molar-refractivity contribution in [2.24, 2.45) is 0 Å². The maximum absolute atomic E-state index is 5.95. The van der Waals surface area contributed by atoms with Gasteiger partial charge in [0.25, 0.3) is 0 Å². The summed E-state index contributed by atoms with van der Waals surface area (Å²) in [5, 5.41) is 7.11. The Labute approximate surface area is 181 Å². The van der Waals surface area contributed by atoms with Crippen LogP contribution in [0.3, 0.4) is 0 Å². The first-order chi connectivity index (χ1) is 14.7. The second-order valence-corrected chi connectivity index (χ2v) is 6.82. The lowest BCUT2D eigenvalue weighted by Gasteiger charge is -2.11. The number of allylic oxidation sites excluding steroid dienone is 3. The number of ether oxygens (including phenoxy) is 1. The standard InChI is InChI=1S/C23H24ClN5O/c1-3-8-20(4-2)26-22-27-21(25-15-17-11-13-19(24)14-12-17)28-23(29-22)30-16-18-9-6-5-7-10-18/h3-14H,15-16H2,1-2H3,(H2,25,26,27,28,29)/b8-3-,20-4+. The van der Waals surface area contributed by atoms with Crippen LogP contribution in [0.4, 0.5) is 11.9 Å². The minimum Gasteiger partial charge on any atom is -0.458 e. The molecule has 0 saturated heterocycles. The van der Waals surface area contributed by atoms with E-state index in [0.717, 1.165) is 16.8 Å². The molecule has 154 valence electrons. The van der Waals surface area contributed by atoms with Crippen LogP contribution in [0.5, 0.6) is 6.01 Å². The number of rotatable bonds is 9. The quantitative estimate of drug-likeness (QED) is 0.437. The van der Waals surface area contributed by atoms with Crippen LogP contribution < -0.4 is 15.4 Å². The third-order valence-electron chi connectivity index (χ3n) is 4.10. The maximum atomic E-state index is 5.95. The molecule has 3 rings (SSSR count). The molecule has 0 saturated carbocycles. The molecule has 6 nitrogen and oxygen atoms in total. The Kier molecular flexibility index (Phi) is 7.80. The van der Waals surface area contributed by atoms with Crippen molar-refractivity contribution in [3.63, 3.8) is 0 Å². The third kappa shape index (κ3) is 6.60. The zero-order valence-electron chi connectivity index (χ0n) is 17.0. The molecule has 0 fully saturated rings. The van der Waals surface area contributed by atoms with Crippen LogP contribution in [-0.2, 0) is 13.2 Å². The summed E-state index contributed by atoms with van der Waals surface area (Å²) >= 11 is 5.95. The summed E-state index contributed by atoms with van der Waals surface area (Å²) in [5.74, 6) is 0.819. The van der Waals surface area contributed by atoms with Crippen molar-refractivity contribution < 1.29 is 4.74 Å². The number of anilines is 2. The fourth-order valence-corrected chi connectivity index (χ4v) is 2.71. The normalized spacial score (nSPS) is 11.5. The summed E-state index contributed by atoms with van der Waals surface area (Å²) in [6, 6.07) is 17.7. The summed E-state index contributed by atoms with van der Waals surface area (Å²) in [5.41, 5.74) is 2.97. The van der Waals surface area contributed by atoms with Crippen LogP contribution >= 0.6 is 11.6 Å². The fraction of sp³-hybridized carbons (Fsp3) is 0.174. The summed E-state index contributed by atoms with van der Waals surface area (Å²) in [6.45, 7) is 4.80. The van der Waals surface area contributed by atoms with E-state index in [9.17, 15) is 0 Å². The zero-order valence-corrected chi connectivity index (χ0v) is 17.7. The van der Waals surface area contributed by atoms with Crippen molar-refractivity contribution in [2.45, 2.75) is 27.0 Å². The number of hydrogen-bond acceptors (Lipinski definition) is 6. The largest absolute Gasteiger partial charge is 0.458 e. The van der Waals surface area contributed by atoms with Gasteiger partial charge in [-0.2, -0.15) is 15.0 Å². The smallest absolute Gasteiger partial charge is 0.323 e. The number of hydrogen-bond donors (Lipinski definition) is 2. The van der Waals surface area contributed by atoms with Gasteiger partial charge >= 0.3 is 6.01 Å². The number of nitrogens with one attached hydrogen (secondary N) is 2. The summed E-state index contributed by atoms with van der Waals surface area (Å²) in [6.07, 6.45) is 5.82. The molecule has 0 atom stereocenters. The molecule has 1 heterocycles. The number of aromatic nitrogens is 3. The number of benzene rings is 2. The minimum atomic E-state index is 0.242. The lowest BCUT2D eigenvalue weighted by Crippen LogP contribution is -2.10. The highest BCUT2D eigenvalue weighted by Crippen LogP contribution is 2.16. The first-order valence-corrected chi connectivity index (χ1v) is 10.0. The van der Waals surface area contributed by atoms with Gasteiger partial charge in [0.1, 0.15) is 6.61 Å². The van der Waals surface area contributed by atoms with Crippen LogP contribution in [0.2, 0.25) is 5.02 Å². The highest BCUT2D eigenvalue weighted by Gasteiger charge is 2.09. The molecule has 0 radical (unpaired) electrons. The minimum absolute atomic E-state index is 0.242. The number of nitrogens with zero attached hydrogens (tertiary/aromatic N) is 3. The van der Waals surface area contributed by atoms with Crippen molar-refractivity contribution in [2.75, 3.05) is 10.6 Å². The van der Waals surface area contributed by atoms with Crippen molar-refractivity contribution in [1.82, 2.24) is 15.0 Å². The van der Waals surface area contributed by atoms with E-state index in [1.54, 1.807) is 0 Å². The second kappa shape index (κ2) is 11.0. The monoisotopic (exact) mass is 421 g/mol. The van der Waals surface area contributed by atoms with Gasteiger partial charge < -0.3 is 15.4 Å². The van der Waals surface area contributed by atoms with E-state index in [2.05, 4.69) is 25.6 Å². The van der Waals surface area contributed by atoms with E-state index in [-0.39, 0.29) is 6.01 Å². The highest BCUT2D eigenvalue weighted by molar-refractivity contribution is 6.30. The molecule has 0 aliphatic rings. The lowest BCUT2D eigenvalue weighted by molar-refractivity contribution is 0.280. The Morgan fingerprint density at radius 3 is 2.37 bits per heavy atom. The van der Waals surface area contributed by atoms with Gasteiger partial charge in [0.2, 0.25) is 11.9 Å². The molecule has 0 spiro atoms. The van der Waals surface area contributed by atoms with E-state index >= 15 is 0 Å². The molecule has 7 heteroatoms. The molecule has 0 unspecified atom stereocenters. The van der Waals surface area contributed by atoms with Crippen LogP contribution in [0.15, 0.2) is 78.5 Å². The van der Waals surface area contributed by atoms with Crippen molar-refractivity contribution in [3.05, 3.63) is 94.7 Å². The predicted molar refractivity (Wildman–Crippen MR) is 122 cm³/mol. The SMILES string of the molecule is C/C=C\C(=C/C)Nc1nc(NCc2ccc(Cl)cc2)nc(OCc2ccccc2)n1. The van der Waals surface area contributed by atoms with Gasteiger partial charge in [-0.1, -0.05) is 66.2 Å². The van der Waals surface area contributed by atoms with Gasteiger partial charge in [-0.15, -0.1) is 0 Å². The third-order valence-corrected chi connectivity index (χ3v) is 4.35. The molecule has 2 aromatic carbocycles. The Morgan fingerprint density at radius 2 is 1.67 bits per heavy atom. The average Bonchev–Trinajstić information content (AvgIpc) is 2.77. The molecule has 0 aliphatic carbocycles. The number of halogens is 1. The maximum Gasteiger partial charge on any atom is 0.323 e. The Bertz CT molecular complexity index is 1000. The van der Waals surface area contributed by atoms with Crippen molar-refractivity contribution >= 4 is 23.5 Å². The summed E-state index contributed by atoms with van der Waals surface area (Å²) < 4.78 is 5.82. The molecule has 1 aromatic heterocycles. The first kappa shape index (κ1) is 21.3. The van der Waals surface area contributed by atoms with Gasteiger partial charge in [-0.3, -0.25) is 0 Å². The second-order valence-electron chi connectivity index (χ2n) is 6.39.